The van der Waals surface area contributed by atoms with E-state index in [-0.39, 0.29) is 17.5 Å². The fourth-order valence-electron chi connectivity index (χ4n) is 0.934. The minimum atomic E-state index is -4.39. The summed E-state index contributed by atoms with van der Waals surface area (Å²) in [6.45, 7) is 1.14. The van der Waals surface area contributed by atoms with Gasteiger partial charge in [-0.2, -0.15) is 18.2 Å². The summed E-state index contributed by atoms with van der Waals surface area (Å²) in [6, 6.07) is 0. The molecule has 1 atom stereocenters. The van der Waals surface area contributed by atoms with Crippen molar-refractivity contribution in [2.45, 2.75) is 32.5 Å². The van der Waals surface area contributed by atoms with E-state index < -0.39 is 25.3 Å². The van der Waals surface area contributed by atoms with Crippen molar-refractivity contribution in [3.63, 3.8) is 0 Å². The Morgan fingerprint density at radius 2 is 2.18 bits per heavy atom. The molecule has 1 aromatic rings. The van der Waals surface area contributed by atoms with Gasteiger partial charge in [-0.25, -0.2) is 0 Å². The van der Waals surface area contributed by atoms with Crippen molar-refractivity contribution in [3.8, 4) is 0 Å². The zero-order chi connectivity index (χ0) is 13.1. The van der Waals surface area contributed by atoms with Crippen LogP contribution in [0.2, 0.25) is 0 Å². The quantitative estimate of drug-likeness (QED) is 0.800. The Morgan fingerprint density at radius 1 is 1.53 bits per heavy atom. The van der Waals surface area contributed by atoms with Crippen molar-refractivity contribution in [2.75, 3.05) is 6.61 Å². The number of halogens is 3. The zero-order valence-corrected chi connectivity index (χ0v) is 9.24. The third-order valence-electron chi connectivity index (χ3n) is 1.96. The summed E-state index contributed by atoms with van der Waals surface area (Å²) in [5.41, 5.74) is 0. The molecule has 17 heavy (non-hydrogen) atoms. The number of Topliss-reactive ketones (excluding diaryl/α,β-unsaturated/α-hetero) is 1. The monoisotopic (exact) mass is 252 g/mol. The molecule has 0 bridgehead atoms. The maximum atomic E-state index is 11.8. The summed E-state index contributed by atoms with van der Waals surface area (Å²) in [6.07, 6.45) is -4.39. The van der Waals surface area contributed by atoms with E-state index in [0.29, 0.717) is 0 Å². The van der Waals surface area contributed by atoms with E-state index in [9.17, 15) is 18.0 Å². The van der Waals surface area contributed by atoms with Gasteiger partial charge in [0.05, 0.1) is 5.92 Å². The van der Waals surface area contributed by atoms with Crippen LogP contribution in [-0.4, -0.2) is 28.7 Å². The average molecular weight is 252 g/mol. The number of carbonyl (C=O) groups excluding carboxylic acids is 1. The highest BCUT2D eigenvalue weighted by molar-refractivity contribution is 5.81. The molecule has 96 valence electrons. The van der Waals surface area contributed by atoms with Gasteiger partial charge < -0.3 is 9.26 Å². The van der Waals surface area contributed by atoms with Crippen LogP contribution in [0.1, 0.15) is 31.5 Å². The number of hydrogen-bond acceptors (Lipinski definition) is 5. The summed E-state index contributed by atoms with van der Waals surface area (Å²) in [7, 11) is 0. The Labute approximate surface area is 94.9 Å². The van der Waals surface area contributed by atoms with Gasteiger partial charge in [0.2, 0.25) is 5.89 Å². The molecule has 0 fully saturated rings. The van der Waals surface area contributed by atoms with Crippen molar-refractivity contribution in [1.29, 1.82) is 0 Å². The SMILES string of the molecule is CC(=O)C(C)c1nc(COCC(F)(F)F)no1. The molecule has 0 saturated carbocycles. The number of alkyl halides is 3. The number of ether oxygens (including phenoxy) is 1. The van der Waals surface area contributed by atoms with Gasteiger partial charge in [0.25, 0.3) is 0 Å². The number of nitrogens with zero attached hydrogens (tertiary/aromatic N) is 2. The van der Waals surface area contributed by atoms with Crippen LogP contribution in [0.4, 0.5) is 13.2 Å². The molecule has 8 heteroatoms. The first kappa shape index (κ1) is 13.6. The molecule has 0 amide bonds. The Morgan fingerprint density at radius 3 is 2.71 bits per heavy atom. The molecule has 1 heterocycles. The Bertz CT molecular complexity index is 389. The summed E-state index contributed by atoms with van der Waals surface area (Å²) in [5, 5.41) is 3.41. The topological polar surface area (TPSA) is 65.2 Å². The standard InChI is InChI=1S/C9H11F3N2O3/c1-5(6(2)15)8-13-7(14-17-8)3-16-4-9(10,11)12/h5H,3-4H2,1-2H3. The first-order valence-electron chi connectivity index (χ1n) is 4.77. The predicted octanol–water partition coefficient (Wildman–Crippen LogP) is 1.84. The van der Waals surface area contributed by atoms with E-state index in [1.807, 2.05) is 0 Å². The summed E-state index contributed by atoms with van der Waals surface area (Å²) in [5.74, 6) is -0.685. The number of carbonyl (C=O) groups is 1. The maximum Gasteiger partial charge on any atom is 0.411 e. The van der Waals surface area contributed by atoms with Crippen molar-refractivity contribution in [2.24, 2.45) is 0 Å². The second kappa shape index (κ2) is 5.26. The Kier molecular flexibility index (Phi) is 4.22. The van der Waals surface area contributed by atoms with Crippen molar-refractivity contribution < 1.29 is 27.2 Å². The molecule has 0 aliphatic heterocycles. The van der Waals surface area contributed by atoms with Crippen LogP contribution in [0, 0.1) is 0 Å². The molecule has 0 aliphatic rings. The first-order valence-corrected chi connectivity index (χ1v) is 4.77. The van der Waals surface area contributed by atoms with Gasteiger partial charge in [0.1, 0.15) is 19.0 Å². The van der Waals surface area contributed by atoms with E-state index in [0.717, 1.165) is 0 Å². The smallest absolute Gasteiger partial charge is 0.364 e. The molecule has 1 aromatic heterocycles. The third kappa shape index (κ3) is 4.51. The molecule has 1 unspecified atom stereocenters. The molecule has 5 nitrogen and oxygen atoms in total. The summed E-state index contributed by atoms with van der Waals surface area (Å²) < 4.78 is 44.4. The highest BCUT2D eigenvalue weighted by atomic mass is 19.4. The van der Waals surface area contributed by atoms with Crippen LogP contribution in [0.5, 0.6) is 0 Å². The predicted molar refractivity (Wildman–Crippen MR) is 49.1 cm³/mol. The Balaban J connectivity index is 2.49. The number of aromatic nitrogens is 2. The lowest BCUT2D eigenvalue weighted by atomic mass is 10.1. The normalized spacial score (nSPS) is 13.7. The Hall–Kier alpha value is -1.44. The van der Waals surface area contributed by atoms with E-state index in [4.69, 9.17) is 4.52 Å². The van der Waals surface area contributed by atoms with Crippen LogP contribution in [0.3, 0.4) is 0 Å². The highest BCUT2D eigenvalue weighted by Gasteiger charge is 2.27. The van der Waals surface area contributed by atoms with Crippen molar-refractivity contribution in [1.82, 2.24) is 10.1 Å². The molecule has 0 saturated heterocycles. The molecule has 0 spiro atoms. The van der Waals surface area contributed by atoms with Gasteiger partial charge in [-0.1, -0.05) is 5.16 Å². The molecular formula is C9H11F3N2O3. The number of rotatable bonds is 5. The van der Waals surface area contributed by atoms with Crippen LogP contribution < -0.4 is 0 Å². The van der Waals surface area contributed by atoms with Gasteiger partial charge >= 0.3 is 6.18 Å². The minimum absolute atomic E-state index is 0.0163. The van der Waals surface area contributed by atoms with E-state index in [1.54, 1.807) is 6.92 Å². The molecule has 0 radical (unpaired) electrons. The second-order valence-corrected chi connectivity index (χ2v) is 3.49. The van der Waals surface area contributed by atoms with Crippen molar-refractivity contribution >= 4 is 5.78 Å². The fraction of sp³-hybridized carbons (Fsp3) is 0.667. The fourth-order valence-corrected chi connectivity index (χ4v) is 0.934. The van der Waals surface area contributed by atoms with Gasteiger partial charge in [-0.15, -0.1) is 0 Å². The number of hydrogen-bond donors (Lipinski definition) is 0. The van der Waals surface area contributed by atoms with Gasteiger partial charge in [0.15, 0.2) is 5.82 Å². The lowest BCUT2D eigenvalue weighted by Gasteiger charge is -2.04. The van der Waals surface area contributed by atoms with E-state index in [2.05, 4.69) is 14.9 Å². The highest BCUT2D eigenvalue weighted by Crippen LogP contribution is 2.16. The van der Waals surface area contributed by atoms with E-state index in [1.165, 1.54) is 6.92 Å². The van der Waals surface area contributed by atoms with Gasteiger partial charge in [0, 0.05) is 0 Å². The molecule has 0 aliphatic carbocycles. The average Bonchev–Trinajstić information content (AvgIpc) is 2.63. The zero-order valence-electron chi connectivity index (χ0n) is 9.24. The van der Waals surface area contributed by atoms with Gasteiger partial charge in [-0.3, -0.25) is 4.79 Å². The summed E-state index contributed by atoms with van der Waals surface area (Å²) >= 11 is 0. The van der Waals surface area contributed by atoms with Crippen LogP contribution in [-0.2, 0) is 16.1 Å². The third-order valence-corrected chi connectivity index (χ3v) is 1.96. The molecule has 0 aromatic carbocycles. The second-order valence-electron chi connectivity index (χ2n) is 3.49. The lowest BCUT2D eigenvalue weighted by molar-refractivity contribution is -0.177. The largest absolute Gasteiger partial charge is 0.411 e. The van der Waals surface area contributed by atoms with E-state index >= 15 is 0 Å². The molecular weight excluding hydrogens is 241 g/mol. The van der Waals surface area contributed by atoms with Crippen LogP contribution in [0.25, 0.3) is 0 Å². The first-order chi connectivity index (χ1) is 7.79. The minimum Gasteiger partial charge on any atom is -0.364 e. The summed E-state index contributed by atoms with van der Waals surface area (Å²) in [4.78, 5) is 14.8. The van der Waals surface area contributed by atoms with Crippen molar-refractivity contribution in [3.05, 3.63) is 11.7 Å². The maximum absolute atomic E-state index is 11.8. The van der Waals surface area contributed by atoms with Crippen LogP contribution >= 0.6 is 0 Å². The number of ketones is 1. The lowest BCUT2D eigenvalue weighted by Crippen LogP contribution is -2.17. The van der Waals surface area contributed by atoms with Crippen LogP contribution in [0.15, 0.2) is 4.52 Å². The molecule has 1 rings (SSSR count). The van der Waals surface area contributed by atoms with Gasteiger partial charge in [-0.05, 0) is 13.8 Å². The molecule has 0 N–H and O–H groups in total.